The van der Waals surface area contributed by atoms with E-state index in [0.29, 0.717) is 0 Å². The molecular formula is C5H8O4Ti. The summed E-state index contributed by atoms with van der Waals surface area (Å²) in [4.78, 5) is 20.1. The molecule has 0 aromatic rings. The molecule has 0 spiro atoms. The van der Waals surface area contributed by atoms with Crippen LogP contribution in [0.4, 0.5) is 0 Å². The first-order valence-electron chi connectivity index (χ1n) is 2.52. The summed E-state index contributed by atoms with van der Waals surface area (Å²) in [6.45, 7) is 2.81. The fraction of sp³-hybridized carbons (Fsp3) is 0.600. The van der Waals surface area contributed by atoms with Crippen molar-refractivity contribution >= 4 is 11.6 Å². The van der Waals surface area contributed by atoms with Crippen molar-refractivity contribution < 1.29 is 35.3 Å². The number of rotatable bonds is 2. The van der Waals surface area contributed by atoms with E-state index in [9.17, 15) is 9.59 Å². The molecule has 0 N–H and O–H groups in total. The Labute approximate surface area is 67.6 Å². The van der Waals surface area contributed by atoms with Gasteiger partial charge in [0.1, 0.15) is 11.6 Å². The predicted octanol–water partition coefficient (Wildman–Crippen LogP) is 0.314. The van der Waals surface area contributed by atoms with Crippen molar-refractivity contribution in [1.82, 2.24) is 0 Å². The molecule has 0 radical (unpaired) electrons. The molecule has 0 atom stereocenters. The summed E-state index contributed by atoms with van der Waals surface area (Å²) in [5.41, 5.74) is 0. The molecule has 0 unspecified atom stereocenters. The van der Waals surface area contributed by atoms with Crippen molar-refractivity contribution in [2.45, 2.75) is 20.3 Å². The first-order chi connectivity index (χ1) is 4.54. The van der Waals surface area contributed by atoms with Gasteiger partial charge in [0, 0.05) is 0 Å². The van der Waals surface area contributed by atoms with Gasteiger partial charge in [-0.25, -0.2) is 0 Å². The second-order valence-electron chi connectivity index (χ2n) is 1.66. The van der Waals surface area contributed by atoms with Crippen molar-refractivity contribution in [3.8, 4) is 0 Å². The van der Waals surface area contributed by atoms with E-state index in [-0.39, 0.29) is 18.0 Å². The Bertz CT molecular complexity index is 145. The van der Waals surface area contributed by atoms with E-state index in [2.05, 4.69) is 0 Å². The summed E-state index contributed by atoms with van der Waals surface area (Å²) in [6, 6.07) is 0. The van der Waals surface area contributed by atoms with Crippen LogP contribution in [-0.2, 0) is 35.3 Å². The van der Waals surface area contributed by atoms with Crippen molar-refractivity contribution in [3.63, 3.8) is 0 Å². The van der Waals surface area contributed by atoms with E-state index in [4.69, 9.17) is 6.65 Å². The van der Waals surface area contributed by atoms with Gasteiger partial charge in [-0.1, -0.05) is 0 Å². The zero-order valence-electron chi connectivity index (χ0n) is 5.84. The quantitative estimate of drug-likeness (QED) is 0.453. The Balaban J connectivity index is 0. The Morgan fingerprint density at radius 3 is 1.30 bits per heavy atom. The summed E-state index contributed by atoms with van der Waals surface area (Å²) in [7, 11) is 0. The van der Waals surface area contributed by atoms with Gasteiger partial charge in [0.05, 0.1) is 6.42 Å². The molecule has 0 saturated heterocycles. The van der Waals surface area contributed by atoms with Crippen LogP contribution in [-0.4, -0.2) is 11.6 Å². The van der Waals surface area contributed by atoms with Gasteiger partial charge in [0.15, 0.2) is 0 Å². The maximum atomic E-state index is 10.0. The molecule has 5 heteroatoms. The molecule has 0 aliphatic carbocycles. The predicted molar refractivity (Wildman–Crippen MR) is 27.4 cm³/mol. The molecule has 0 heterocycles. The summed E-state index contributed by atoms with van der Waals surface area (Å²) < 4.78 is 17.0. The molecule has 56 valence electrons. The number of hydrogen-bond donors (Lipinski definition) is 0. The zero-order valence-corrected chi connectivity index (χ0v) is 7.40. The SMILES string of the molecule is CC(=O)CC(C)=O.[O]=[Ti]=[O]. The average Bonchev–Trinajstić information content (AvgIpc) is 1.62. The second kappa shape index (κ2) is 8.65. The standard InChI is InChI=1S/C5H8O2.2O.Ti/c1-4(6)3-5(2)7;;;/h3H2,1-2H3;;;. The average molecular weight is 180 g/mol. The van der Waals surface area contributed by atoms with E-state index in [0.717, 1.165) is 0 Å². The normalized spacial score (nSPS) is 6.60. The number of hydrogen-bond acceptors (Lipinski definition) is 4. The molecular weight excluding hydrogens is 172 g/mol. The molecule has 0 aromatic heterocycles. The van der Waals surface area contributed by atoms with E-state index in [1.807, 2.05) is 0 Å². The van der Waals surface area contributed by atoms with Gasteiger partial charge < -0.3 is 0 Å². The summed E-state index contributed by atoms with van der Waals surface area (Å²) >= 11 is -2.00. The van der Waals surface area contributed by atoms with Gasteiger partial charge in [-0.2, -0.15) is 0 Å². The van der Waals surface area contributed by atoms with Crippen LogP contribution in [0.1, 0.15) is 20.3 Å². The minimum atomic E-state index is -2.00. The molecule has 0 fully saturated rings. The third-order valence-corrected chi connectivity index (χ3v) is 0.498. The van der Waals surface area contributed by atoms with Gasteiger partial charge in [-0.15, -0.1) is 0 Å². The molecule has 4 nitrogen and oxygen atoms in total. The van der Waals surface area contributed by atoms with Crippen LogP contribution in [0.2, 0.25) is 0 Å². The van der Waals surface area contributed by atoms with Crippen LogP contribution in [0.15, 0.2) is 0 Å². The number of carbonyl (C=O) groups is 2. The molecule has 0 bridgehead atoms. The zero-order chi connectivity index (χ0) is 8.57. The second-order valence-corrected chi connectivity index (χ2v) is 1.92. The molecule has 0 rings (SSSR count). The third-order valence-electron chi connectivity index (χ3n) is 0.498. The van der Waals surface area contributed by atoms with E-state index in [1.165, 1.54) is 13.8 Å². The van der Waals surface area contributed by atoms with Gasteiger partial charge in [0.25, 0.3) is 0 Å². The molecule has 0 aliphatic heterocycles. The number of ketones is 2. The Morgan fingerprint density at radius 1 is 1.10 bits per heavy atom. The summed E-state index contributed by atoms with van der Waals surface area (Å²) in [5.74, 6) is -0.125. The fourth-order valence-electron chi connectivity index (χ4n) is 0.351. The Morgan fingerprint density at radius 2 is 1.30 bits per heavy atom. The molecule has 0 aromatic carbocycles. The Hall–Kier alpha value is -0.346. The van der Waals surface area contributed by atoms with Crippen LogP contribution in [0.5, 0.6) is 0 Å². The number of carbonyl (C=O) groups excluding carboxylic acids is 2. The van der Waals surface area contributed by atoms with Gasteiger partial charge in [-0.05, 0) is 13.8 Å². The van der Waals surface area contributed by atoms with Crippen LogP contribution < -0.4 is 0 Å². The van der Waals surface area contributed by atoms with E-state index < -0.39 is 19.1 Å². The van der Waals surface area contributed by atoms with Gasteiger partial charge in [-0.3, -0.25) is 9.59 Å². The Kier molecular flexibility index (Phi) is 10.7. The maximum absolute atomic E-state index is 10.0. The van der Waals surface area contributed by atoms with Gasteiger partial charge >= 0.3 is 25.7 Å². The summed E-state index contributed by atoms with van der Waals surface area (Å²) in [6.07, 6.45) is 0.0833. The molecule has 10 heavy (non-hydrogen) atoms. The van der Waals surface area contributed by atoms with Crippen LogP contribution >= 0.6 is 0 Å². The van der Waals surface area contributed by atoms with E-state index >= 15 is 0 Å². The molecule has 0 aliphatic rings. The first kappa shape index (κ1) is 12.3. The fourth-order valence-corrected chi connectivity index (χ4v) is 0.351. The topological polar surface area (TPSA) is 68.3 Å². The van der Waals surface area contributed by atoms with Crippen molar-refractivity contribution in [2.24, 2.45) is 0 Å². The first-order valence-corrected chi connectivity index (χ1v) is 3.80. The summed E-state index contributed by atoms with van der Waals surface area (Å²) in [5, 5.41) is 0. The van der Waals surface area contributed by atoms with Crippen LogP contribution in [0, 0.1) is 0 Å². The van der Waals surface area contributed by atoms with Crippen molar-refractivity contribution in [2.75, 3.05) is 0 Å². The van der Waals surface area contributed by atoms with Crippen LogP contribution in [0.25, 0.3) is 0 Å². The third kappa shape index (κ3) is 25.4. The molecule has 0 saturated carbocycles. The number of Topliss-reactive ketones (excluding diaryl/α,β-unsaturated/α-hetero) is 2. The van der Waals surface area contributed by atoms with Crippen LogP contribution in [0.3, 0.4) is 0 Å². The molecule has 0 amide bonds. The van der Waals surface area contributed by atoms with Crippen molar-refractivity contribution in [1.29, 1.82) is 0 Å². The van der Waals surface area contributed by atoms with Crippen molar-refractivity contribution in [3.05, 3.63) is 0 Å². The monoisotopic (exact) mass is 180 g/mol. The van der Waals surface area contributed by atoms with Gasteiger partial charge in [0.2, 0.25) is 0 Å². The minimum absolute atomic E-state index is 0.0625. The van der Waals surface area contributed by atoms with E-state index in [1.54, 1.807) is 0 Å².